The van der Waals surface area contributed by atoms with Crippen LogP contribution in [0.15, 0.2) is 42.5 Å². The number of amides is 1. The summed E-state index contributed by atoms with van der Waals surface area (Å²) in [7, 11) is 1.14. The molecule has 0 aromatic heterocycles. The standard InChI is InChI=1S/C17H14F3NO5/c1-25-16(24)12-3-2-4-13(15(12)23)21-14(22)9-26-11-7-5-10(6-8-11)17(18,19)20/h2-8,23H,9H2,1H3,(H,21,22). The molecule has 138 valence electrons. The number of ether oxygens (including phenoxy) is 2. The van der Waals surface area contributed by atoms with Gasteiger partial charge in [0, 0.05) is 0 Å². The average molecular weight is 369 g/mol. The van der Waals surface area contributed by atoms with Gasteiger partial charge in [-0.15, -0.1) is 0 Å². The predicted octanol–water partition coefficient (Wildman–Crippen LogP) is 3.22. The molecule has 0 aliphatic rings. The lowest BCUT2D eigenvalue weighted by atomic mass is 10.1. The van der Waals surface area contributed by atoms with Gasteiger partial charge in [0.1, 0.15) is 11.3 Å². The maximum absolute atomic E-state index is 12.5. The molecule has 26 heavy (non-hydrogen) atoms. The third-order valence-electron chi connectivity index (χ3n) is 3.27. The number of phenols is 1. The topological polar surface area (TPSA) is 84.9 Å². The van der Waals surface area contributed by atoms with Gasteiger partial charge in [-0.25, -0.2) is 4.79 Å². The quantitative estimate of drug-likeness (QED) is 0.625. The molecule has 2 aromatic rings. The van der Waals surface area contributed by atoms with Crippen molar-refractivity contribution in [1.82, 2.24) is 0 Å². The normalized spacial score (nSPS) is 10.9. The molecule has 9 heteroatoms. The van der Waals surface area contributed by atoms with Gasteiger partial charge in [-0.3, -0.25) is 4.79 Å². The summed E-state index contributed by atoms with van der Waals surface area (Å²) in [4.78, 5) is 23.4. The number of alkyl halides is 3. The van der Waals surface area contributed by atoms with Gasteiger partial charge in [0.15, 0.2) is 12.4 Å². The Bertz CT molecular complexity index is 803. The highest BCUT2D eigenvalue weighted by atomic mass is 19.4. The highest BCUT2D eigenvalue weighted by Crippen LogP contribution is 2.30. The lowest BCUT2D eigenvalue weighted by molar-refractivity contribution is -0.137. The van der Waals surface area contributed by atoms with Crippen molar-refractivity contribution in [2.75, 3.05) is 19.0 Å². The minimum absolute atomic E-state index is 0.0334. The minimum atomic E-state index is -4.46. The second-order valence-corrected chi connectivity index (χ2v) is 5.05. The molecule has 2 aromatic carbocycles. The van der Waals surface area contributed by atoms with E-state index in [1.807, 2.05) is 0 Å². The van der Waals surface area contributed by atoms with Crippen LogP contribution in [0.25, 0.3) is 0 Å². The van der Waals surface area contributed by atoms with Crippen molar-refractivity contribution in [2.24, 2.45) is 0 Å². The molecular weight excluding hydrogens is 355 g/mol. The van der Waals surface area contributed by atoms with E-state index >= 15 is 0 Å². The van der Waals surface area contributed by atoms with Crippen LogP contribution >= 0.6 is 0 Å². The molecule has 0 unspecified atom stereocenters. The van der Waals surface area contributed by atoms with Crippen LogP contribution in [0.1, 0.15) is 15.9 Å². The molecule has 0 atom stereocenters. The van der Waals surface area contributed by atoms with Crippen molar-refractivity contribution in [1.29, 1.82) is 0 Å². The van der Waals surface area contributed by atoms with Gasteiger partial charge >= 0.3 is 12.1 Å². The second-order valence-electron chi connectivity index (χ2n) is 5.05. The van der Waals surface area contributed by atoms with Gasteiger partial charge in [0.05, 0.1) is 18.4 Å². The maximum atomic E-state index is 12.5. The van der Waals surface area contributed by atoms with E-state index < -0.39 is 36.0 Å². The van der Waals surface area contributed by atoms with Crippen molar-refractivity contribution < 1.29 is 37.3 Å². The van der Waals surface area contributed by atoms with Gasteiger partial charge in [0.25, 0.3) is 5.91 Å². The summed E-state index contributed by atoms with van der Waals surface area (Å²) in [5, 5.41) is 12.3. The number of esters is 1. The van der Waals surface area contributed by atoms with Crippen LogP contribution in [0.2, 0.25) is 0 Å². The Kier molecular flexibility index (Phi) is 5.71. The molecule has 0 fully saturated rings. The van der Waals surface area contributed by atoms with Crippen molar-refractivity contribution in [2.45, 2.75) is 6.18 Å². The molecule has 0 saturated heterocycles. The molecule has 1 amide bonds. The number of anilines is 1. The van der Waals surface area contributed by atoms with Crippen LogP contribution in [0, 0.1) is 0 Å². The summed E-state index contributed by atoms with van der Waals surface area (Å²) < 4.78 is 47.0. The fourth-order valence-corrected chi connectivity index (χ4v) is 1.99. The third-order valence-corrected chi connectivity index (χ3v) is 3.27. The lowest BCUT2D eigenvalue weighted by Crippen LogP contribution is -2.20. The first-order chi connectivity index (χ1) is 12.2. The van der Waals surface area contributed by atoms with E-state index in [4.69, 9.17) is 4.74 Å². The van der Waals surface area contributed by atoms with E-state index in [2.05, 4.69) is 10.1 Å². The van der Waals surface area contributed by atoms with Gasteiger partial charge in [-0.05, 0) is 36.4 Å². The Morgan fingerprint density at radius 1 is 1.12 bits per heavy atom. The van der Waals surface area contributed by atoms with Crippen molar-refractivity contribution in [3.05, 3.63) is 53.6 Å². The molecule has 0 spiro atoms. The molecule has 0 bridgehead atoms. The summed E-state index contributed by atoms with van der Waals surface area (Å²) in [6, 6.07) is 7.94. The molecule has 0 heterocycles. The van der Waals surface area contributed by atoms with Crippen LogP contribution in [0.4, 0.5) is 18.9 Å². The van der Waals surface area contributed by atoms with Crippen LogP contribution in [0.5, 0.6) is 11.5 Å². The number of nitrogens with one attached hydrogen (secondary N) is 1. The fraction of sp³-hybridized carbons (Fsp3) is 0.176. The van der Waals surface area contributed by atoms with Crippen molar-refractivity contribution in [3.63, 3.8) is 0 Å². The number of hydrogen-bond acceptors (Lipinski definition) is 5. The Hall–Kier alpha value is -3.23. The molecule has 6 nitrogen and oxygen atoms in total. The van der Waals surface area contributed by atoms with E-state index in [1.54, 1.807) is 0 Å². The smallest absolute Gasteiger partial charge is 0.416 e. The number of benzene rings is 2. The van der Waals surface area contributed by atoms with Gasteiger partial charge in [-0.1, -0.05) is 6.07 Å². The predicted molar refractivity (Wildman–Crippen MR) is 85.0 cm³/mol. The summed E-state index contributed by atoms with van der Waals surface area (Å²) in [5.74, 6) is -1.86. The fourth-order valence-electron chi connectivity index (χ4n) is 1.99. The number of aromatic hydroxyl groups is 1. The maximum Gasteiger partial charge on any atom is 0.416 e. The average Bonchev–Trinajstić information content (AvgIpc) is 2.60. The third kappa shape index (κ3) is 4.65. The summed E-state index contributed by atoms with van der Waals surface area (Å²) in [6.45, 7) is -0.507. The van der Waals surface area contributed by atoms with E-state index in [1.165, 1.54) is 18.2 Å². The Morgan fingerprint density at radius 2 is 1.77 bits per heavy atom. The number of para-hydroxylation sites is 1. The first-order valence-corrected chi connectivity index (χ1v) is 7.22. The summed E-state index contributed by atoms with van der Waals surface area (Å²) in [6.07, 6.45) is -4.46. The highest BCUT2D eigenvalue weighted by Gasteiger charge is 2.30. The summed E-state index contributed by atoms with van der Waals surface area (Å²) >= 11 is 0. The zero-order valence-electron chi connectivity index (χ0n) is 13.5. The van der Waals surface area contributed by atoms with Crippen molar-refractivity contribution >= 4 is 17.6 Å². The van der Waals surface area contributed by atoms with Crippen LogP contribution in [-0.2, 0) is 15.7 Å². The summed E-state index contributed by atoms with van der Waals surface area (Å²) in [5.41, 5.74) is -0.998. The molecule has 0 aliphatic heterocycles. The zero-order chi connectivity index (χ0) is 19.3. The van der Waals surface area contributed by atoms with Gasteiger partial charge in [0.2, 0.25) is 0 Å². The molecular formula is C17H14F3NO5. The highest BCUT2D eigenvalue weighted by molar-refractivity contribution is 5.98. The van der Waals surface area contributed by atoms with Gasteiger partial charge in [-0.2, -0.15) is 13.2 Å². The number of hydrogen-bond donors (Lipinski definition) is 2. The van der Waals surface area contributed by atoms with Crippen LogP contribution in [0.3, 0.4) is 0 Å². The van der Waals surface area contributed by atoms with Crippen molar-refractivity contribution in [3.8, 4) is 11.5 Å². The number of carbonyl (C=O) groups excluding carboxylic acids is 2. The van der Waals surface area contributed by atoms with Crippen LogP contribution < -0.4 is 10.1 Å². The first-order valence-electron chi connectivity index (χ1n) is 7.22. The minimum Gasteiger partial charge on any atom is -0.505 e. The van der Waals surface area contributed by atoms with E-state index in [9.17, 15) is 27.9 Å². The molecule has 2 rings (SSSR count). The molecule has 0 aliphatic carbocycles. The number of methoxy groups -OCH3 is 1. The van der Waals surface area contributed by atoms with E-state index in [-0.39, 0.29) is 17.0 Å². The second kappa shape index (κ2) is 7.77. The molecule has 2 N–H and O–H groups in total. The Balaban J connectivity index is 1.98. The number of rotatable bonds is 5. The number of phenolic OH excluding ortho intramolecular Hbond substituents is 1. The zero-order valence-corrected chi connectivity index (χ0v) is 13.5. The van der Waals surface area contributed by atoms with E-state index in [0.717, 1.165) is 31.4 Å². The first kappa shape index (κ1) is 19.1. The largest absolute Gasteiger partial charge is 0.505 e. The monoisotopic (exact) mass is 369 g/mol. The van der Waals surface area contributed by atoms with Crippen LogP contribution in [-0.4, -0.2) is 30.7 Å². The Labute approximate surface area is 146 Å². The molecule has 0 radical (unpaired) electrons. The molecule has 0 saturated carbocycles. The SMILES string of the molecule is COC(=O)c1cccc(NC(=O)COc2ccc(C(F)(F)F)cc2)c1O. The van der Waals surface area contributed by atoms with Gasteiger partial charge < -0.3 is 19.9 Å². The number of halogens is 3. The number of carbonyl (C=O) groups is 2. The lowest BCUT2D eigenvalue weighted by Gasteiger charge is -2.11. The van der Waals surface area contributed by atoms with E-state index in [0.29, 0.717) is 0 Å². The Morgan fingerprint density at radius 3 is 2.35 bits per heavy atom.